The summed E-state index contributed by atoms with van der Waals surface area (Å²) in [6, 6.07) is 16.9. The van der Waals surface area contributed by atoms with Gasteiger partial charge in [-0.25, -0.2) is 4.98 Å². The molecule has 1 N–H and O–H groups in total. The number of amides is 1. The van der Waals surface area contributed by atoms with Gasteiger partial charge in [-0.1, -0.05) is 30.7 Å². The second-order valence-electron chi connectivity index (χ2n) is 7.53. The maximum absolute atomic E-state index is 12.3. The fourth-order valence-corrected chi connectivity index (χ4v) is 3.80. The van der Waals surface area contributed by atoms with E-state index < -0.39 is 0 Å². The number of benzene rings is 2. The number of nitrogens with zero attached hydrogens (tertiary/aromatic N) is 2. The second-order valence-corrected chi connectivity index (χ2v) is 7.97. The predicted octanol–water partition coefficient (Wildman–Crippen LogP) is 5.14. The van der Waals surface area contributed by atoms with E-state index in [9.17, 15) is 4.79 Å². The molecule has 1 saturated heterocycles. The molecule has 0 saturated carbocycles. The topological polar surface area (TPSA) is 54.5 Å². The number of carbonyl (C=O) groups excluding carboxylic acids is 1. The first kappa shape index (κ1) is 19.5. The van der Waals surface area contributed by atoms with Crippen LogP contribution in [-0.4, -0.2) is 30.6 Å². The monoisotopic (exact) mass is 409 g/mol. The Morgan fingerprint density at radius 1 is 1.21 bits per heavy atom. The molecule has 29 heavy (non-hydrogen) atoms. The molecule has 3 aromatic rings. The highest BCUT2D eigenvalue weighted by molar-refractivity contribution is 6.30. The van der Waals surface area contributed by atoms with Crippen molar-refractivity contribution >= 4 is 39.9 Å². The predicted molar refractivity (Wildman–Crippen MR) is 118 cm³/mol. The number of hydrogen-bond acceptors (Lipinski definition) is 4. The summed E-state index contributed by atoms with van der Waals surface area (Å²) in [4.78, 5) is 19.4. The highest BCUT2D eigenvalue weighted by atomic mass is 35.5. The highest BCUT2D eigenvalue weighted by Crippen LogP contribution is 2.28. The number of hydrogen-bond donors (Lipinski definition) is 1. The first-order valence-corrected chi connectivity index (χ1v) is 10.3. The van der Waals surface area contributed by atoms with Crippen LogP contribution >= 0.6 is 11.6 Å². The molecule has 0 aliphatic carbocycles. The van der Waals surface area contributed by atoms with Gasteiger partial charge in [0.2, 0.25) is 0 Å². The van der Waals surface area contributed by atoms with Crippen molar-refractivity contribution in [2.24, 2.45) is 5.92 Å². The minimum Gasteiger partial charge on any atom is -0.481 e. The summed E-state index contributed by atoms with van der Waals surface area (Å²) in [5.41, 5.74) is 1.46. The number of rotatable bonds is 5. The Kier molecular flexibility index (Phi) is 5.86. The Hall–Kier alpha value is -2.79. The molecule has 4 rings (SSSR count). The Morgan fingerprint density at radius 3 is 2.83 bits per heavy atom. The van der Waals surface area contributed by atoms with Crippen LogP contribution < -0.4 is 15.0 Å². The zero-order chi connectivity index (χ0) is 20.2. The van der Waals surface area contributed by atoms with Gasteiger partial charge in [0.05, 0.1) is 0 Å². The normalized spacial score (nSPS) is 16.6. The molecule has 1 unspecified atom stereocenters. The van der Waals surface area contributed by atoms with Crippen LogP contribution in [0.3, 0.4) is 0 Å². The fraction of sp³-hybridized carbons (Fsp3) is 0.304. The van der Waals surface area contributed by atoms with Gasteiger partial charge in [-0.05, 0) is 61.2 Å². The van der Waals surface area contributed by atoms with Crippen LogP contribution in [0.25, 0.3) is 10.9 Å². The van der Waals surface area contributed by atoms with E-state index in [2.05, 4.69) is 29.3 Å². The molecule has 1 aromatic heterocycles. The summed E-state index contributed by atoms with van der Waals surface area (Å²) < 4.78 is 5.82. The summed E-state index contributed by atoms with van der Waals surface area (Å²) in [5, 5.41) is 4.42. The summed E-state index contributed by atoms with van der Waals surface area (Å²) in [7, 11) is 0. The zero-order valence-electron chi connectivity index (χ0n) is 16.4. The first-order chi connectivity index (χ1) is 14.1. The van der Waals surface area contributed by atoms with Crippen molar-refractivity contribution in [3.8, 4) is 5.75 Å². The number of carbonyl (C=O) groups is 1. The Morgan fingerprint density at radius 2 is 2.03 bits per heavy atom. The van der Waals surface area contributed by atoms with E-state index in [-0.39, 0.29) is 12.5 Å². The Labute approximate surface area is 175 Å². The van der Waals surface area contributed by atoms with Gasteiger partial charge >= 0.3 is 0 Å². The van der Waals surface area contributed by atoms with Crippen LogP contribution in [0.2, 0.25) is 5.02 Å². The average molecular weight is 410 g/mol. The molecular weight excluding hydrogens is 386 g/mol. The molecule has 2 heterocycles. The summed E-state index contributed by atoms with van der Waals surface area (Å²) in [5.74, 6) is 2.01. The number of anilines is 2. The number of nitrogens with one attached hydrogen (secondary N) is 1. The number of aromatic nitrogens is 1. The number of pyridine rings is 1. The minimum atomic E-state index is -0.231. The van der Waals surface area contributed by atoms with E-state index >= 15 is 0 Å². The van der Waals surface area contributed by atoms with Crippen molar-refractivity contribution in [1.29, 1.82) is 0 Å². The van der Waals surface area contributed by atoms with Gasteiger partial charge in [0.1, 0.15) is 17.1 Å². The van der Waals surface area contributed by atoms with Gasteiger partial charge in [0.25, 0.3) is 5.91 Å². The fourth-order valence-electron chi connectivity index (χ4n) is 3.67. The molecule has 1 aliphatic heterocycles. The molecule has 0 spiro atoms. The van der Waals surface area contributed by atoms with Crippen LogP contribution in [0.15, 0.2) is 54.6 Å². The van der Waals surface area contributed by atoms with Crippen LogP contribution in [0.1, 0.15) is 19.8 Å². The van der Waals surface area contributed by atoms with Crippen molar-refractivity contribution in [3.05, 3.63) is 59.6 Å². The summed E-state index contributed by atoms with van der Waals surface area (Å²) in [6.07, 6.45) is 2.45. The molecule has 2 aromatic carbocycles. The lowest BCUT2D eigenvalue weighted by molar-refractivity contribution is -0.118. The van der Waals surface area contributed by atoms with E-state index in [1.165, 1.54) is 12.8 Å². The SMILES string of the molecule is CC1CCCN(c2ccc3cccc(OCC(=O)Nc4ccc(Cl)cc4)c3n2)C1. The van der Waals surface area contributed by atoms with E-state index in [0.717, 1.165) is 29.8 Å². The molecule has 1 fully saturated rings. The van der Waals surface area contributed by atoms with Gasteiger partial charge in [0, 0.05) is 29.2 Å². The third kappa shape index (κ3) is 4.80. The number of para-hydroxylation sites is 1. The van der Waals surface area contributed by atoms with Gasteiger partial charge < -0.3 is 15.0 Å². The van der Waals surface area contributed by atoms with E-state index in [1.54, 1.807) is 24.3 Å². The number of piperidine rings is 1. The molecule has 5 nitrogen and oxygen atoms in total. The van der Waals surface area contributed by atoms with E-state index in [0.29, 0.717) is 22.4 Å². The van der Waals surface area contributed by atoms with Crippen LogP contribution in [0.4, 0.5) is 11.5 Å². The maximum atomic E-state index is 12.3. The minimum absolute atomic E-state index is 0.0889. The van der Waals surface area contributed by atoms with Crippen LogP contribution in [0, 0.1) is 5.92 Å². The standard InChI is InChI=1S/C23H24ClN3O2/c1-16-4-3-13-27(14-16)21-12-7-17-5-2-6-20(23(17)26-21)29-15-22(28)25-19-10-8-18(24)9-11-19/h2,5-12,16H,3-4,13-15H2,1H3,(H,25,28). The van der Waals surface area contributed by atoms with Crippen LogP contribution in [0.5, 0.6) is 5.75 Å². The van der Waals surface area contributed by atoms with Gasteiger partial charge in [0.15, 0.2) is 6.61 Å². The van der Waals surface area contributed by atoms with Crippen molar-refractivity contribution in [2.45, 2.75) is 19.8 Å². The Bertz CT molecular complexity index is 1010. The zero-order valence-corrected chi connectivity index (χ0v) is 17.2. The lowest BCUT2D eigenvalue weighted by Crippen LogP contribution is -2.34. The maximum Gasteiger partial charge on any atom is 0.262 e. The second kappa shape index (κ2) is 8.70. The van der Waals surface area contributed by atoms with Gasteiger partial charge in [-0.2, -0.15) is 0 Å². The van der Waals surface area contributed by atoms with Crippen molar-refractivity contribution in [3.63, 3.8) is 0 Å². The number of halogens is 1. The first-order valence-electron chi connectivity index (χ1n) is 9.91. The van der Waals surface area contributed by atoms with E-state index in [1.807, 2.05) is 18.2 Å². The molecule has 6 heteroatoms. The molecule has 1 amide bonds. The molecule has 1 atom stereocenters. The average Bonchev–Trinajstić information content (AvgIpc) is 2.73. The molecular formula is C23H24ClN3O2. The number of fused-ring (bicyclic) bond motifs is 1. The van der Waals surface area contributed by atoms with Crippen molar-refractivity contribution in [1.82, 2.24) is 4.98 Å². The van der Waals surface area contributed by atoms with E-state index in [4.69, 9.17) is 21.3 Å². The van der Waals surface area contributed by atoms with Gasteiger partial charge in [-0.15, -0.1) is 0 Å². The van der Waals surface area contributed by atoms with Crippen LogP contribution in [-0.2, 0) is 4.79 Å². The molecule has 0 radical (unpaired) electrons. The Balaban J connectivity index is 1.48. The lowest BCUT2D eigenvalue weighted by Gasteiger charge is -2.32. The number of ether oxygens (including phenoxy) is 1. The smallest absolute Gasteiger partial charge is 0.262 e. The molecule has 0 bridgehead atoms. The largest absolute Gasteiger partial charge is 0.481 e. The lowest BCUT2D eigenvalue weighted by atomic mass is 10.0. The summed E-state index contributed by atoms with van der Waals surface area (Å²) in [6.45, 7) is 4.23. The third-order valence-electron chi connectivity index (χ3n) is 5.14. The van der Waals surface area contributed by atoms with Crippen molar-refractivity contribution in [2.75, 3.05) is 29.9 Å². The summed E-state index contributed by atoms with van der Waals surface area (Å²) >= 11 is 5.87. The molecule has 1 aliphatic rings. The van der Waals surface area contributed by atoms with Gasteiger partial charge in [-0.3, -0.25) is 4.79 Å². The molecule has 150 valence electrons. The highest BCUT2D eigenvalue weighted by Gasteiger charge is 2.18. The third-order valence-corrected chi connectivity index (χ3v) is 5.39. The van der Waals surface area contributed by atoms with Crippen molar-refractivity contribution < 1.29 is 9.53 Å². The quantitative estimate of drug-likeness (QED) is 0.633.